The van der Waals surface area contributed by atoms with Gasteiger partial charge in [0.25, 0.3) is 0 Å². The molecule has 0 fully saturated rings. The molecule has 0 aliphatic rings. The van der Waals surface area contributed by atoms with Gasteiger partial charge in [-0.15, -0.1) is 0 Å². The van der Waals surface area contributed by atoms with Gasteiger partial charge in [0.1, 0.15) is 0 Å². The second-order valence-electron chi connectivity index (χ2n) is 5.38. The quantitative estimate of drug-likeness (QED) is 0.430. The molecule has 0 saturated carbocycles. The average molecular weight is 343 g/mol. The van der Waals surface area contributed by atoms with Crippen molar-refractivity contribution in [2.45, 2.75) is 26.2 Å². The third kappa shape index (κ3) is 4.01. The summed E-state index contributed by atoms with van der Waals surface area (Å²) in [7, 11) is 0. The minimum Gasteiger partial charge on any atom is -0.465 e. The molecule has 0 N–H and O–H groups in total. The van der Waals surface area contributed by atoms with Gasteiger partial charge in [-0.25, -0.2) is 0 Å². The van der Waals surface area contributed by atoms with E-state index in [2.05, 4.69) is 5.16 Å². The van der Waals surface area contributed by atoms with Gasteiger partial charge in [0.05, 0.1) is 17.6 Å². The Hall–Kier alpha value is -3.21. The Labute approximate surface area is 144 Å². The van der Waals surface area contributed by atoms with Gasteiger partial charge in [-0.05, 0) is 19.4 Å². The summed E-state index contributed by atoms with van der Waals surface area (Å²) in [6, 6.07) is 10.8. The maximum Gasteiger partial charge on any atom is 0.334 e. The van der Waals surface area contributed by atoms with Crippen LogP contribution in [-0.4, -0.2) is 22.7 Å². The molecule has 1 heterocycles. The number of nitro groups is 1. The third-order valence-corrected chi connectivity index (χ3v) is 3.80. The molecular formula is C17H17N3O5. The van der Waals surface area contributed by atoms with Crippen LogP contribution in [0.1, 0.15) is 29.9 Å². The fourth-order valence-electron chi connectivity index (χ4n) is 2.65. The monoisotopic (exact) mass is 343 g/mol. The van der Waals surface area contributed by atoms with Crippen molar-refractivity contribution < 1.29 is 19.0 Å². The lowest BCUT2D eigenvalue weighted by Crippen LogP contribution is -2.25. The number of nitriles is 1. The van der Waals surface area contributed by atoms with Crippen LogP contribution in [0.2, 0.25) is 0 Å². The lowest BCUT2D eigenvalue weighted by molar-refractivity contribution is -0.386. The summed E-state index contributed by atoms with van der Waals surface area (Å²) in [6.45, 7) is 3.25. The van der Waals surface area contributed by atoms with E-state index in [1.54, 1.807) is 37.3 Å². The number of esters is 1. The van der Waals surface area contributed by atoms with Crippen LogP contribution in [0, 0.1) is 34.3 Å². The minimum absolute atomic E-state index is 0.0157. The fraction of sp³-hybridized carbons (Fsp3) is 0.353. The van der Waals surface area contributed by atoms with E-state index in [1.165, 1.54) is 6.92 Å². The van der Waals surface area contributed by atoms with Gasteiger partial charge in [-0.3, -0.25) is 14.9 Å². The smallest absolute Gasteiger partial charge is 0.334 e. The van der Waals surface area contributed by atoms with Crippen molar-refractivity contribution in [3.05, 3.63) is 57.5 Å². The normalized spacial score (nSPS) is 12.8. The summed E-state index contributed by atoms with van der Waals surface area (Å²) >= 11 is 0. The molecule has 2 rings (SSSR count). The number of hydrogen-bond acceptors (Lipinski definition) is 7. The lowest BCUT2D eigenvalue weighted by atomic mass is 9.83. The standard InChI is InChI=1S/C17H17N3O5/c1-3-24-17(21)14(10-18)13(12-7-5-4-6-8-12)9-15-16(20(22)23)11(2)19-25-15/h4-8,13-14H,3,9H2,1-2H3. The van der Waals surface area contributed by atoms with Crippen molar-refractivity contribution in [2.24, 2.45) is 5.92 Å². The summed E-state index contributed by atoms with van der Waals surface area (Å²) in [5.41, 5.74) is 0.600. The lowest BCUT2D eigenvalue weighted by Gasteiger charge is -2.20. The Morgan fingerprint density at radius 3 is 2.68 bits per heavy atom. The van der Waals surface area contributed by atoms with Crippen LogP contribution in [0.3, 0.4) is 0 Å². The van der Waals surface area contributed by atoms with Crippen LogP contribution >= 0.6 is 0 Å². The molecule has 2 atom stereocenters. The first kappa shape index (κ1) is 18.1. The summed E-state index contributed by atoms with van der Waals surface area (Å²) in [6.07, 6.45) is -0.0157. The number of carbonyl (C=O) groups excluding carboxylic acids is 1. The molecule has 1 aromatic carbocycles. The zero-order chi connectivity index (χ0) is 18.4. The van der Waals surface area contributed by atoms with Gasteiger partial charge in [0.15, 0.2) is 11.6 Å². The Balaban J connectivity index is 2.45. The number of hydrogen-bond donors (Lipinski definition) is 0. The van der Waals surface area contributed by atoms with Crippen molar-refractivity contribution in [2.75, 3.05) is 6.61 Å². The highest BCUT2D eigenvalue weighted by Crippen LogP contribution is 2.33. The molecule has 2 aromatic rings. The molecule has 0 spiro atoms. The number of aryl methyl sites for hydroxylation is 1. The van der Waals surface area contributed by atoms with E-state index >= 15 is 0 Å². The molecule has 0 saturated heterocycles. The second-order valence-corrected chi connectivity index (χ2v) is 5.38. The zero-order valence-electron chi connectivity index (χ0n) is 13.8. The summed E-state index contributed by atoms with van der Waals surface area (Å²) in [5, 5.41) is 24.4. The highest BCUT2D eigenvalue weighted by Gasteiger charge is 2.35. The van der Waals surface area contributed by atoms with Crippen LogP contribution in [0.15, 0.2) is 34.9 Å². The van der Waals surface area contributed by atoms with Gasteiger partial charge in [-0.1, -0.05) is 35.5 Å². The van der Waals surface area contributed by atoms with Gasteiger partial charge in [-0.2, -0.15) is 5.26 Å². The predicted molar refractivity (Wildman–Crippen MR) is 86.5 cm³/mol. The van der Waals surface area contributed by atoms with E-state index in [0.717, 1.165) is 0 Å². The molecule has 0 aliphatic carbocycles. The summed E-state index contributed by atoms with van der Waals surface area (Å²) in [4.78, 5) is 22.9. The van der Waals surface area contributed by atoms with Crippen molar-refractivity contribution in [1.29, 1.82) is 5.26 Å². The highest BCUT2D eigenvalue weighted by molar-refractivity contribution is 5.76. The molecule has 0 aliphatic heterocycles. The van der Waals surface area contributed by atoms with Gasteiger partial charge in [0.2, 0.25) is 5.76 Å². The zero-order valence-corrected chi connectivity index (χ0v) is 13.8. The molecule has 8 nitrogen and oxygen atoms in total. The Morgan fingerprint density at radius 2 is 2.12 bits per heavy atom. The Kier molecular flexibility index (Phi) is 5.84. The fourth-order valence-corrected chi connectivity index (χ4v) is 2.65. The van der Waals surface area contributed by atoms with E-state index in [1.807, 2.05) is 6.07 Å². The van der Waals surface area contributed by atoms with Crippen molar-refractivity contribution in [3.63, 3.8) is 0 Å². The molecule has 0 bridgehead atoms. The maximum absolute atomic E-state index is 12.2. The largest absolute Gasteiger partial charge is 0.465 e. The molecule has 130 valence electrons. The van der Waals surface area contributed by atoms with Crippen molar-refractivity contribution in [3.8, 4) is 6.07 Å². The second kappa shape index (κ2) is 8.06. The Morgan fingerprint density at radius 1 is 1.44 bits per heavy atom. The Bertz CT molecular complexity index is 794. The molecule has 1 aromatic heterocycles. The summed E-state index contributed by atoms with van der Waals surface area (Å²) < 4.78 is 10.1. The number of benzene rings is 1. The SMILES string of the molecule is CCOC(=O)C(C#N)C(Cc1onc(C)c1[N+](=O)[O-])c1ccccc1. The molecular weight excluding hydrogens is 326 g/mol. The maximum atomic E-state index is 12.2. The van der Waals surface area contributed by atoms with Crippen LogP contribution in [-0.2, 0) is 16.0 Å². The van der Waals surface area contributed by atoms with Crippen LogP contribution in [0.25, 0.3) is 0 Å². The van der Waals surface area contributed by atoms with Gasteiger partial charge >= 0.3 is 11.7 Å². The van der Waals surface area contributed by atoms with Gasteiger partial charge in [0, 0.05) is 12.3 Å². The first-order chi connectivity index (χ1) is 12.0. The van der Waals surface area contributed by atoms with Crippen molar-refractivity contribution >= 4 is 11.7 Å². The van der Waals surface area contributed by atoms with E-state index in [9.17, 15) is 20.2 Å². The molecule has 8 heteroatoms. The molecule has 25 heavy (non-hydrogen) atoms. The molecule has 0 amide bonds. The topological polar surface area (TPSA) is 119 Å². The predicted octanol–water partition coefficient (Wildman–Crippen LogP) is 2.92. The van der Waals surface area contributed by atoms with E-state index in [0.29, 0.717) is 5.56 Å². The first-order valence-electron chi connectivity index (χ1n) is 7.70. The van der Waals surface area contributed by atoms with E-state index in [-0.39, 0.29) is 30.2 Å². The van der Waals surface area contributed by atoms with Crippen molar-refractivity contribution in [1.82, 2.24) is 5.16 Å². The number of nitrogens with zero attached hydrogens (tertiary/aromatic N) is 3. The number of aromatic nitrogens is 1. The summed E-state index contributed by atoms with van der Waals surface area (Å²) in [5.74, 6) is -2.41. The molecule has 0 radical (unpaired) electrons. The van der Waals surface area contributed by atoms with E-state index < -0.39 is 22.7 Å². The average Bonchev–Trinajstić information content (AvgIpc) is 2.96. The highest BCUT2D eigenvalue weighted by atomic mass is 16.6. The molecule has 2 unspecified atom stereocenters. The minimum atomic E-state index is -1.12. The number of carbonyl (C=O) groups is 1. The first-order valence-corrected chi connectivity index (χ1v) is 7.70. The number of rotatable bonds is 7. The van der Waals surface area contributed by atoms with E-state index in [4.69, 9.17) is 9.26 Å². The van der Waals surface area contributed by atoms with Crippen LogP contribution in [0.4, 0.5) is 5.69 Å². The number of ether oxygens (including phenoxy) is 1. The third-order valence-electron chi connectivity index (χ3n) is 3.80. The van der Waals surface area contributed by atoms with Crippen LogP contribution in [0.5, 0.6) is 0 Å². The van der Waals surface area contributed by atoms with Crippen LogP contribution < -0.4 is 0 Å². The van der Waals surface area contributed by atoms with Gasteiger partial charge < -0.3 is 9.26 Å².